The number of sulfonamides is 1. The lowest BCUT2D eigenvalue weighted by Crippen LogP contribution is -2.35. The maximum Gasteiger partial charge on any atom is 0.252 e. The van der Waals surface area contributed by atoms with E-state index in [1.54, 1.807) is 0 Å². The lowest BCUT2D eigenvalue weighted by atomic mass is 10.2. The maximum absolute atomic E-state index is 12.5. The molecule has 0 unspecified atom stereocenters. The molecule has 7 heteroatoms. The highest BCUT2D eigenvalue weighted by atomic mass is 35.5. The van der Waals surface area contributed by atoms with Crippen molar-refractivity contribution in [1.82, 2.24) is 9.62 Å². The minimum atomic E-state index is -3.55. The first-order valence-electron chi connectivity index (χ1n) is 6.48. The highest BCUT2D eigenvalue weighted by Gasteiger charge is 2.27. The molecule has 1 amide bonds. The number of halogens is 1. The summed E-state index contributed by atoms with van der Waals surface area (Å²) in [6, 6.07) is 4.23. The summed E-state index contributed by atoms with van der Waals surface area (Å²) < 4.78 is 26.5. The number of piperidine rings is 1. The van der Waals surface area contributed by atoms with Gasteiger partial charge in [0.1, 0.15) is 0 Å². The summed E-state index contributed by atoms with van der Waals surface area (Å²) in [5.41, 5.74) is 0.173. The minimum Gasteiger partial charge on any atom is -0.355 e. The topological polar surface area (TPSA) is 66.5 Å². The van der Waals surface area contributed by atoms with Gasteiger partial charge in [0, 0.05) is 20.1 Å². The summed E-state index contributed by atoms with van der Waals surface area (Å²) in [7, 11) is -2.07. The third kappa shape index (κ3) is 2.97. The Morgan fingerprint density at radius 1 is 1.25 bits per heavy atom. The van der Waals surface area contributed by atoms with Crippen LogP contribution in [0.15, 0.2) is 23.1 Å². The van der Waals surface area contributed by atoms with E-state index < -0.39 is 15.9 Å². The average molecular weight is 317 g/mol. The van der Waals surface area contributed by atoms with Crippen molar-refractivity contribution in [3.8, 4) is 0 Å². The average Bonchev–Trinajstić information content (AvgIpc) is 2.47. The number of rotatable bonds is 3. The molecule has 0 spiro atoms. The van der Waals surface area contributed by atoms with Crippen molar-refractivity contribution in [2.45, 2.75) is 24.2 Å². The zero-order valence-electron chi connectivity index (χ0n) is 11.2. The molecule has 0 radical (unpaired) electrons. The maximum atomic E-state index is 12.5. The number of nitrogens with zero attached hydrogens (tertiary/aromatic N) is 1. The second kappa shape index (κ2) is 6.11. The summed E-state index contributed by atoms with van der Waals surface area (Å²) in [5, 5.41) is 2.69. The normalized spacial score (nSPS) is 16.9. The van der Waals surface area contributed by atoms with Crippen LogP contribution in [0, 0.1) is 0 Å². The van der Waals surface area contributed by atoms with Gasteiger partial charge in [-0.1, -0.05) is 18.0 Å². The van der Waals surface area contributed by atoms with Crippen LogP contribution in [-0.4, -0.2) is 38.8 Å². The van der Waals surface area contributed by atoms with Gasteiger partial charge >= 0.3 is 0 Å². The van der Waals surface area contributed by atoms with Crippen LogP contribution in [0.1, 0.15) is 29.6 Å². The monoisotopic (exact) mass is 316 g/mol. The lowest BCUT2D eigenvalue weighted by molar-refractivity contribution is 0.0963. The Balaban J connectivity index is 2.39. The third-order valence-corrected chi connectivity index (χ3v) is 5.59. The fourth-order valence-corrected chi connectivity index (χ4v) is 3.98. The second-order valence-electron chi connectivity index (χ2n) is 4.69. The summed E-state index contributed by atoms with van der Waals surface area (Å²) >= 11 is 5.94. The van der Waals surface area contributed by atoms with Gasteiger partial charge in [0.2, 0.25) is 10.0 Å². The molecular weight excluding hydrogens is 300 g/mol. The van der Waals surface area contributed by atoms with E-state index in [4.69, 9.17) is 11.6 Å². The van der Waals surface area contributed by atoms with Crippen LogP contribution >= 0.6 is 11.6 Å². The standard InChI is InChI=1S/C13H17ClN2O3S/c1-15-13(17)11-9-10(5-6-12(11)14)20(18,19)16-7-3-2-4-8-16/h5-6,9H,2-4,7-8H2,1H3,(H,15,17). The smallest absolute Gasteiger partial charge is 0.252 e. The van der Waals surface area contributed by atoms with Crippen molar-refractivity contribution in [2.24, 2.45) is 0 Å². The molecule has 0 atom stereocenters. The van der Waals surface area contributed by atoms with E-state index in [1.165, 1.54) is 29.6 Å². The number of hydrogen-bond acceptors (Lipinski definition) is 3. The van der Waals surface area contributed by atoms with E-state index in [1.807, 2.05) is 0 Å². The number of carbonyl (C=O) groups excluding carboxylic acids is 1. The van der Waals surface area contributed by atoms with E-state index in [0.29, 0.717) is 13.1 Å². The molecule has 110 valence electrons. The Hall–Kier alpha value is -1.11. The van der Waals surface area contributed by atoms with Crippen LogP contribution in [0.25, 0.3) is 0 Å². The van der Waals surface area contributed by atoms with E-state index in [0.717, 1.165) is 19.3 Å². The van der Waals surface area contributed by atoms with Gasteiger partial charge < -0.3 is 5.32 Å². The Kier molecular flexibility index (Phi) is 4.67. The van der Waals surface area contributed by atoms with E-state index >= 15 is 0 Å². The minimum absolute atomic E-state index is 0.113. The summed E-state index contributed by atoms with van der Waals surface area (Å²) in [4.78, 5) is 11.8. The van der Waals surface area contributed by atoms with Crippen LogP contribution < -0.4 is 5.32 Å². The van der Waals surface area contributed by atoms with Crippen molar-refractivity contribution in [3.63, 3.8) is 0 Å². The Labute approximate surface area is 124 Å². The number of carbonyl (C=O) groups is 1. The molecule has 1 saturated heterocycles. The van der Waals surface area contributed by atoms with Gasteiger partial charge in [-0.05, 0) is 31.0 Å². The molecule has 1 aliphatic rings. The van der Waals surface area contributed by atoms with Gasteiger partial charge in [-0.2, -0.15) is 4.31 Å². The van der Waals surface area contributed by atoms with Gasteiger partial charge in [0.25, 0.3) is 5.91 Å². The number of nitrogens with one attached hydrogen (secondary N) is 1. The zero-order chi connectivity index (χ0) is 14.8. The molecule has 1 heterocycles. The highest BCUT2D eigenvalue weighted by Crippen LogP contribution is 2.25. The Bertz CT molecular complexity index is 610. The predicted octanol–water partition coefficient (Wildman–Crippen LogP) is 1.87. The quantitative estimate of drug-likeness (QED) is 0.926. The van der Waals surface area contributed by atoms with Gasteiger partial charge in [-0.25, -0.2) is 8.42 Å². The Morgan fingerprint density at radius 3 is 2.50 bits per heavy atom. The number of amides is 1. The van der Waals surface area contributed by atoms with Crippen molar-refractivity contribution < 1.29 is 13.2 Å². The number of benzene rings is 1. The third-order valence-electron chi connectivity index (χ3n) is 3.36. The van der Waals surface area contributed by atoms with Crippen LogP contribution in [0.4, 0.5) is 0 Å². The fraction of sp³-hybridized carbons (Fsp3) is 0.462. The van der Waals surface area contributed by atoms with Crippen molar-refractivity contribution in [1.29, 1.82) is 0 Å². The molecule has 2 rings (SSSR count). The molecule has 0 aromatic heterocycles. The summed E-state index contributed by atoms with van der Waals surface area (Å²) in [6.45, 7) is 1.06. The molecule has 0 aliphatic carbocycles. The van der Waals surface area contributed by atoms with Crippen LogP contribution in [0.3, 0.4) is 0 Å². The van der Waals surface area contributed by atoms with Crippen molar-refractivity contribution in [2.75, 3.05) is 20.1 Å². The first-order chi connectivity index (χ1) is 9.46. The van der Waals surface area contributed by atoms with E-state index in [2.05, 4.69) is 5.32 Å². The summed E-state index contributed by atoms with van der Waals surface area (Å²) in [6.07, 6.45) is 2.79. The van der Waals surface area contributed by atoms with Gasteiger partial charge in [0.05, 0.1) is 15.5 Å². The molecular formula is C13H17ClN2O3S. The van der Waals surface area contributed by atoms with Gasteiger partial charge in [0.15, 0.2) is 0 Å². The van der Waals surface area contributed by atoms with E-state index in [-0.39, 0.29) is 15.5 Å². The summed E-state index contributed by atoms with van der Waals surface area (Å²) in [5.74, 6) is -0.398. The molecule has 1 fully saturated rings. The molecule has 1 aromatic rings. The van der Waals surface area contributed by atoms with E-state index in [9.17, 15) is 13.2 Å². The molecule has 0 saturated carbocycles. The fourth-order valence-electron chi connectivity index (χ4n) is 2.23. The zero-order valence-corrected chi connectivity index (χ0v) is 12.8. The first kappa shape index (κ1) is 15.3. The molecule has 0 bridgehead atoms. The molecule has 1 N–H and O–H groups in total. The van der Waals surface area contributed by atoms with Crippen LogP contribution in [0.2, 0.25) is 5.02 Å². The largest absolute Gasteiger partial charge is 0.355 e. The van der Waals surface area contributed by atoms with Gasteiger partial charge in [-0.15, -0.1) is 0 Å². The SMILES string of the molecule is CNC(=O)c1cc(S(=O)(=O)N2CCCCC2)ccc1Cl. The van der Waals surface area contributed by atoms with Crippen LogP contribution in [0.5, 0.6) is 0 Å². The molecule has 20 heavy (non-hydrogen) atoms. The molecule has 1 aromatic carbocycles. The molecule has 1 aliphatic heterocycles. The first-order valence-corrected chi connectivity index (χ1v) is 8.30. The highest BCUT2D eigenvalue weighted by molar-refractivity contribution is 7.89. The van der Waals surface area contributed by atoms with Crippen molar-refractivity contribution in [3.05, 3.63) is 28.8 Å². The second-order valence-corrected chi connectivity index (χ2v) is 7.03. The van der Waals surface area contributed by atoms with Crippen LogP contribution in [-0.2, 0) is 10.0 Å². The predicted molar refractivity (Wildman–Crippen MR) is 77.5 cm³/mol. The lowest BCUT2D eigenvalue weighted by Gasteiger charge is -2.26. The van der Waals surface area contributed by atoms with Crippen molar-refractivity contribution >= 4 is 27.5 Å². The Morgan fingerprint density at radius 2 is 1.90 bits per heavy atom. The number of hydrogen-bond donors (Lipinski definition) is 1. The van der Waals surface area contributed by atoms with Gasteiger partial charge in [-0.3, -0.25) is 4.79 Å². The molecule has 5 nitrogen and oxygen atoms in total.